The Labute approximate surface area is 173 Å². The number of carboxylic acid groups (broad SMARTS) is 1. The molecule has 7 nitrogen and oxygen atoms in total. The van der Waals surface area contributed by atoms with Crippen LogP contribution in [0.2, 0.25) is 0 Å². The molecule has 0 unspecified atom stereocenters. The van der Waals surface area contributed by atoms with E-state index >= 15 is 0 Å². The first kappa shape index (κ1) is 24.1. The predicted octanol–water partition coefficient (Wildman–Crippen LogP) is 1.64. The molecular weight excluding hydrogens is 425 g/mol. The van der Waals surface area contributed by atoms with Gasteiger partial charge in [0, 0.05) is 45.6 Å². The maximum atomic E-state index is 12.4. The predicted molar refractivity (Wildman–Crippen MR) is 103 cm³/mol. The van der Waals surface area contributed by atoms with Crippen molar-refractivity contribution in [1.82, 2.24) is 9.80 Å². The summed E-state index contributed by atoms with van der Waals surface area (Å²) in [6, 6.07) is 10.1. The zero-order valence-electron chi connectivity index (χ0n) is 16.7. The Kier molecular flexibility index (Phi) is 7.51. The molecule has 0 aliphatic carbocycles. The first-order chi connectivity index (χ1) is 13.8. The number of hydrogen-bond donors (Lipinski definition) is 1. The van der Waals surface area contributed by atoms with E-state index in [9.17, 15) is 26.4 Å². The zero-order valence-corrected chi connectivity index (χ0v) is 17.5. The summed E-state index contributed by atoms with van der Waals surface area (Å²) in [6.07, 6.45) is -4.63. The van der Waals surface area contributed by atoms with Gasteiger partial charge in [-0.05, 0) is 12.0 Å². The molecule has 0 aromatic heterocycles. The van der Waals surface area contributed by atoms with Gasteiger partial charge in [0.15, 0.2) is 9.84 Å². The number of hydrogen-bond acceptors (Lipinski definition) is 5. The van der Waals surface area contributed by atoms with Crippen molar-refractivity contribution in [2.75, 3.05) is 32.9 Å². The van der Waals surface area contributed by atoms with Gasteiger partial charge < -0.3 is 10.0 Å². The topological polar surface area (TPSA) is 95.0 Å². The second-order valence-electron chi connectivity index (χ2n) is 7.68. The Morgan fingerprint density at radius 2 is 1.73 bits per heavy atom. The van der Waals surface area contributed by atoms with Gasteiger partial charge in [0.25, 0.3) is 0 Å². The molecule has 2 heterocycles. The molecule has 3 atom stereocenters. The molecule has 1 N–H and O–H groups in total. The Hall–Kier alpha value is -2.14. The first-order valence-corrected chi connectivity index (χ1v) is 11.0. The minimum absolute atomic E-state index is 0.0662. The molecule has 1 amide bonds. The summed E-state index contributed by atoms with van der Waals surface area (Å²) in [5.74, 6) is -2.80. The van der Waals surface area contributed by atoms with Crippen LogP contribution in [0.15, 0.2) is 30.3 Å². The summed E-state index contributed by atoms with van der Waals surface area (Å²) in [5, 5.41) is 6.73. The van der Waals surface area contributed by atoms with Crippen molar-refractivity contribution in [2.24, 2.45) is 11.8 Å². The second kappa shape index (κ2) is 9.34. The number of aliphatic carboxylic acids is 1. The zero-order chi connectivity index (χ0) is 22.7. The molecule has 2 saturated heterocycles. The van der Waals surface area contributed by atoms with E-state index in [0.717, 1.165) is 6.54 Å². The number of alkyl halides is 3. The summed E-state index contributed by atoms with van der Waals surface area (Å²) >= 11 is 0. The number of amides is 1. The summed E-state index contributed by atoms with van der Waals surface area (Å²) in [6.45, 7) is 1.97. The lowest BCUT2D eigenvalue weighted by atomic mass is 9.87. The van der Waals surface area contributed by atoms with E-state index in [1.54, 1.807) is 19.0 Å². The highest BCUT2D eigenvalue weighted by Gasteiger charge is 2.50. The van der Waals surface area contributed by atoms with E-state index in [2.05, 4.69) is 17.0 Å². The molecule has 1 aromatic carbocycles. The van der Waals surface area contributed by atoms with Crippen molar-refractivity contribution >= 4 is 21.7 Å². The number of benzene rings is 1. The van der Waals surface area contributed by atoms with E-state index in [4.69, 9.17) is 9.90 Å². The lowest BCUT2D eigenvalue weighted by Gasteiger charge is -2.33. The van der Waals surface area contributed by atoms with Crippen LogP contribution >= 0.6 is 0 Å². The fraction of sp³-hybridized carbons (Fsp3) is 0.579. The lowest BCUT2D eigenvalue weighted by molar-refractivity contribution is -0.192. The normalized spacial score (nSPS) is 25.6. The molecule has 2 fully saturated rings. The summed E-state index contributed by atoms with van der Waals surface area (Å²) < 4.78 is 56.6. The van der Waals surface area contributed by atoms with Crippen molar-refractivity contribution in [3.05, 3.63) is 35.9 Å². The van der Waals surface area contributed by atoms with Crippen LogP contribution in [0.25, 0.3) is 0 Å². The van der Waals surface area contributed by atoms with E-state index in [-0.39, 0.29) is 23.5 Å². The van der Waals surface area contributed by atoms with E-state index < -0.39 is 27.2 Å². The molecule has 0 bridgehead atoms. The number of likely N-dealkylation sites (tertiary alicyclic amines) is 1. The highest BCUT2D eigenvalue weighted by atomic mass is 32.2. The maximum absolute atomic E-state index is 12.4. The fourth-order valence-electron chi connectivity index (χ4n) is 3.91. The van der Waals surface area contributed by atoms with Crippen LogP contribution in [-0.4, -0.2) is 79.6 Å². The van der Waals surface area contributed by atoms with Gasteiger partial charge in [-0.1, -0.05) is 30.3 Å². The van der Waals surface area contributed by atoms with Crippen LogP contribution < -0.4 is 0 Å². The Bertz CT molecular complexity index is 859. The number of carboxylic acids is 1. The maximum Gasteiger partial charge on any atom is 0.490 e. The van der Waals surface area contributed by atoms with Gasteiger partial charge in [0.05, 0.1) is 11.0 Å². The van der Waals surface area contributed by atoms with E-state index in [1.165, 1.54) is 5.56 Å². The van der Waals surface area contributed by atoms with Crippen LogP contribution in [0, 0.1) is 11.8 Å². The van der Waals surface area contributed by atoms with Gasteiger partial charge in [0.1, 0.15) is 0 Å². The number of carbonyl (C=O) groups excluding carboxylic acids is 1. The van der Waals surface area contributed by atoms with Crippen LogP contribution in [0.4, 0.5) is 13.2 Å². The second-order valence-corrected chi connectivity index (χ2v) is 10.0. The number of carbonyl (C=O) groups is 2. The van der Waals surface area contributed by atoms with E-state index in [0.29, 0.717) is 19.5 Å². The van der Waals surface area contributed by atoms with Crippen molar-refractivity contribution in [3.63, 3.8) is 0 Å². The quantitative estimate of drug-likeness (QED) is 0.753. The van der Waals surface area contributed by atoms with Crippen LogP contribution in [0.1, 0.15) is 12.0 Å². The molecule has 11 heteroatoms. The summed E-state index contributed by atoms with van der Waals surface area (Å²) in [5.41, 5.74) is 1.18. The van der Waals surface area contributed by atoms with Crippen LogP contribution in [0.3, 0.4) is 0 Å². The highest BCUT2D eigenvalue weighted by Crippen LogP contribution is 2.38. The average Bonchev–Trinajstić information content (AvgIpc) is 3.07. The minimum atomic E-state index is -5.08. The molecule has 3 rings (SSSR count). The third-order valence-corrected chi connectivity index (χ3v) is 7.55. The molecule has 168 valence electrons. The molecule has 2 aliphatic rings. The number of sulfone groups is 1. The van der Waals surface area contributed by atoms with Crippen LogP contribution in [0.5, 0.6) is 0 Å². The number of halogens is 3. The van der Waals surface area contributed by atoms with Gasteiger partial charge in [-0.15, -0.1) is 0 Å². The van der Waals surface area contributed by atoms with Gasteiger partial charge in [0.2, 0.25) is 5.91 Å². The molecule has 0 saturated carbocycles. The largest absolute Gasteiger partial charge is 0.490 e. The lowest BCUT2D eigenvalue weighted by Crippen LogP contribution is -2.46. The Balaban J connectivity index is 0.000000396. The highest BCUT2D eigenvalue weighted by molar-refractivity contribution is 7.92. The first-order valence-electron chi connectivity index (χ1n) is 9.32. The van der Waals surface area contributed by atoms with Crippen molar-refractivity contribution in [1.29, 1.82) is 0 Å². The standard InChI is InChI=1S/C17H24N2O3S.C2HF3O2/c1-18(2)17(20)14-8-9-23(21,22)16-12-19(11-15(14)16)10-13-6-4-3-5-7-13;3-2(4,5)1(6)7/h3-7,14-16H,8-12H2,1-2H3;(H,6,7)/t14-,15+,16+;/m0./s1. The van der Waals surface area contributed by atoms with Crippen molar-refractivity contribution in [2.45, 2.75) is 24.4 Å². The Morgan fingerprint density at radius 3 is 2.23 bits per heavy atom. The molecule has 30 heavy (non-hydrogen) atoms. The van der Waals surface area contributed by atoms with Gasteiger partial charge in [-0.3, -0.25) is 9.69 Å². The number of rotatable bonds is 3. The van der Waals surface area contributed by atoms with Gasteiger partial charge in [-0.2, -0.15) is 13.2 Å². The third-order valence-electron chi connectivity index (χ3n) is 5.33. The molecule has 2 aliphatic heterocycles. The minimum Gasteiger partial charge on any atom is -0.475 e. The SMILES string of the molecule is CN(C)C(=O)[C@H]1CCS(=O)(=O)[C@@H]2CN(Cc3ccccc3)C[C@H]12.O=C(O)C(F)(F)F. The van der Waals surface area contributed by atoms with Crippen molar-refractivity contribution < 1.29 is 36.3 Å². The van der Waals surface area contributed by atoms with Gasteiger partial charge >= 0.3 is 12.1 Å². The Morgan fingerprint density at radius 1 is 1.17 bits per heavy atom. The monoisotopic (exact) mass is 450 g/mol. The molecular formula is C19H25F3N2O5S. The molecule has 0 spiro atoms. The van der Waals surface area contributed by atoms with Crippen LogP contribution in [-0.2, 0) is 26.0 Å². The van der Waals surface area contributed by atoms with Gasteiger partial charge in [-0.25, -0.2) is 13.2 Å². The third kappa shape index (κ3) is 5.94. The summed E-state index contributed by atoms with van der Waals surface area (Å²) in [7, 11) is 0.404. The molecule has 0 radical (unpaired) electrons. The average molecular weight is 450 g/mol. The summed E-state index contributed by atoms with van der Waals surface area (Å²) in [4.78, 5) is 25.1. The number of fused-ring (bicyclic) bond motifs is 1. The fourth-order valence-corrected chi connectivity index (χ4v) is 6.04. The molecule has 1 aromatic rings. The number of nitrogens with zero attached hydrogens (tertiary/aromatic N) is 2. The van der Waals surface area contributed by atoms with E-state index in [1.807, 2.05) is 18.2 Å². The van der Waals surface area contributed by atoms with Crippen molar-refractivity contribution in [3.8, 4) is 0 Å². The smallest absolute Gasteiger partial charge is 0.475 e.